The van der Waals surface area contributed by atoms with Crippen LogP contribution in [-0.2, 0) is 22.2 Å². The quantitative estimate of drug-likeness (QED) is 0.319. The monoisotopic (exact) mass is 519 g/mol. The molecule has 4 N–H and O–H groups in total. The lowest BCUT2D eigenvalue weighted by Crippen LogP contribution is -2.46. The smallest absolute Gasteiger partial charge is 0.418 e. The summed E-state index contributed by atoms with van der Waals surface area (Å²) in [7, 11) is 0. The molecule has 3 aromatic carbocycles. The molecule has 0 aliphatic heterocycles. The molecule has 0 fully saturated rings. The summed E-state index contributed by atoms with van der Waals surface area (Å²) in [6, 6.07) is 17.0. The summed E-state index contributed by atoms with van der Waals surface area (Å²) in [5.41, 5.74) is -0.247. The van der Waals surface area contributed by atoms with E-state index in [9.17, 15) is 27.6 Å². The van der Waals surface area contributed by atoms with Crippen LogP contribution in [0.2, 0.25) is 5.02 Å². The number of carbonyl (C=O) groups is 3. The zero-order valence-corrected chi connectivity index (χ0v) is 19.4. The number of carboxylic acid groups (broad SMARTS) is 1. The fourth-order valence-corrected chi connectivity index (χ4v) is 3.51. The van der Waals surface area contributed by atoms with Crippen LogP contribution >= 0.6 is 11.6 Å². The third-order valence-electron chi connectivity index (χ3n) is 5.09. The van der Waals surface area contributed by atoms with Gasteiger partial charge in [0, 0.05) is 17.3 Å². The van der Waals surface area contributed by atoms with E-state index in [-0.39, 0.29) is 17.1 Å². The molecule has 0 unspecified atom stereocenters. The number of anilines is 2. The second-order valence-electron chi connectivity index (χ2n) is 7.77. The van der Waals surface area contributed by atoms with Gasteiger partial charge in [0.05, 0.1) is 22.9 Å². The molecule has 0 spiro atoms. The van der Waals surface area contributed by atoms with Gasteiger partial charge in [-0.2, -0.15) is 13.2 Å². The highest BCUT2D eigenvalue weighted by Gasteiger charge is 2.34. The Morgan fingerprint density at radius 2 is 1.58 bits per heavy atom. The molecule has 7 nitrogen and oxygen atoms in total. The fraction of sp³-hybridized carbons (Fsp3) is 0.160. The van der Waals surface area contributed by atoms with E-state index in [1.807, 2.05) is 23.5 Å². The summed E-state index contributed by atoms with van der Waals surface area (Å²) >= 11 is 5.77. The van der Waals surface area contributed by atoms with Crippen molar-refractivity contribution in [2.75, 3.05) is 17.2 Å². The predicted octanol–water partition coefficient (Wildman–Crippen LogP) is 4.84. The first-order valence-electron chi connectivity index (χ1n) is 10.6. The predicted molar refractivity (Wildman–Crippen MR) is 129 cm³/mol. The Bertz CT molecular complexity index is 1240. The number of nitrogens with one attached hydrogen (secondary N) is 3. The highest BCUT2D eigenvalue weighted by molar-refractivity contribution is 6.40. The fourth-order valence-electron chi connectivity index (χ4n) is 3.34. The normalized spacial score (nSPS) is 11.9. The first kappa shape index (κ1) is 26.6. The number of alkyl halides is 3. The van der Waals surface area contributed by atoms with Crippen molar-refractivity contribution in [3.8, 4) is 0 Å². The molecule has 3 rings (SSSR count). The average Bonchev–Trinajstić information content (AvgIpc) is 2.82. The minimum absolute atomic E-state index is 0.0428. The molecule has 0 aliphatic carbocycles. The second kappa shape index (κ2) is 11.6. The van der Waals surface area contributed by atoms with Crippen LogP contribution in [0.5, 0.6) is 0 Å². The molecule has 3 aromatic rings. The minimum atomic E-state index is -4.76. The third kappa shape index (κ3) is 7.47. The Labute approximate surface area is 209 Å². The van der Waals surface area contributed by atoms with E-state index in [2.05, 4.69) is 10.6 Å². The van der Waals surface area contributed by atoms with Crippen molar-refractivity contribution in [1.82, 2.24) is 5.32 Å². The zero-order chi connectivity index (χ0) is 26.3. The molecule has 0 aliphatic rings. The molecule has 0 saturated carbocycles. The van der Waals surface area contributed by atoms with Crippen LogP contribution in [0.1, 0.15) is 21.5 Å². The summed E-state index contributed by atoms with van der Waals surface area (Å²) in [6.45, 7) is 0.144. The van der Waals surface area contributed by atoms with Gasteiger partial charge < -0.3 is 21.1 Å². The molecule has 11 heteroatoms. The number of benzene rings is 3. The zero-order valence-electron chi connectivity index (χ0n) is 18.6. The summed E-state index contributed by atoms with van der Waals surface area (Å²) in [4.78, 5) is 36.1. The lowest BCUT2D eigenvalue weighted by Gasteiger charge is -2.20. The van der Waals surface area contributed by atoms with Gasteiger partial charge in [0.15, 0.2) is 0 Å². The Balaban J connectivity index is 1.72. The number of rotatable bonds is 8. The maximum atomic E-state index is 13.3. The SMILES string of the molecule is O=C(Nc1cc(Cl)ccc1C(F)(F)F)C(=O)N[C@H](CNc1ccc(C(=O)O)cc1)Cc1ccccc1. The van der Waals surface area contributed by atoms with Gasteiger partial charge in [-0.25, -0.2) is 4.79 Å². The van der Waals surface area contributed by atoms with Gasteiger partial charge in [-0.1, -0.05) is 41.9 Å². The minimum Gasteiger partial charge on any atom is -0.478 e. The van der Waals surface area contributed by atoms with Gasteiger partial charge in [-0.15, -0.1) is 0 Å². The van der Waals surface area contributed by atoms with Crippen molar-refractivity contribution in [3.05, 3.63) is 94.5 Å². The van der Waals surface area contributed by atoms with Crippen LogP contribution in [0.4, 0.5) is 24.5 Å². The van der Waals surface area contributed by atoms with E-state index in [1.54, 1.807) is 24.3 Å². The van der Waals surface area contributed by atoms with Gasteiger partial charge in [-0.05, 0) is 54.4 Å². The Morgan fingerprint density at radius 1 is 0.917 bits per heavy atom. The van der Waals surface area contributed by atoms with Crippen molar-refractivity contribution in [2.45, 2.75) is 18.6 Å². The summed E-state index contributed by atoms with van der Waals surface area (Å²) in [5, 5.41) is 16.6. The molecular weight excluding hydrogens is 499 g/mol. The molecule has 0 saturated heterocycles. The van der Waals surface area contributed by atoms with Gasteiger partial charge in [0.1, 0.15) is 0 Å². The second-order valence-corrected chi connectivity index (χ2v) is 8.20. The summed E-state index contributed by atoms with van der Waals surface area (Å²) in [6.07, 6.45) is -4.45. The van der Waals surface area contributed by atoms with E-state index < -0.39 is 41.3 Å². The van der Waals surface area contributed by atoms with Gasteiger partial charge in [0.2, 0.25) is 0 Å². The van der Waals surface area contributed by atoms with E-state index >= 15 is 0 Å². The first-order valence-corrected chi connectivity index (χ1v) is 11.0. The van der Waals surface area contributed by atoms with Crippen LogP contribution < -0.4 is 16.0 Å². The molecule has 1 atom stereocenters. The van der Waals surface area contributed by atoms with Crippen LogP contribution in [0.15, 0.2) is 72.8 Å². The Morgan fingerprint density at radius 3 is 2.19 bits per heavy atom. The van der Waals surface area contributed by atoms with E-state index in [4.69, 9.17) is 16.7 Å². The first-order chi connectivity index (χ1) is 17.0. The molecule has 2 amide bonds. The summed E-state index contributed by atoms with van der Waals surface area (Å²) < 4.78 is 39.8. The molecule has 0 aromatic heterocycles. The standard InChI is InChI=1S/C25H21ClF3N3O4/c26-17-8-11-20(25(27,28)29)21(13-17)32-23(34)22(33)31-19(12-15-4-2-1-3-5-15)14-30-18-9-6-16(7-10-18)24(35)36/h1-11,13,19,30H,12,14H2,(H,31,33)(H,32,34)(H,35,36)/t19-/m0/s1. The highest BCUT2D eigenvalue weighted by Crippen LogP contribution is 2.36. The van der Waals surface area contributed by atoms with Gasteiger partial charge in [-0.3, -0.25) is 9.59 Å². The molecule has 0 radical (unpaired) electrons. The average molecular weight is 520 g/mol. The molecule has 0 heterocycles. The topological polar surface area (TPSA) is 108 Å². The maximum absolute atomic E-state index is 13.3. The van der Waals surface area contributed by atoms with Gasteiger partial charge >= 0.3 is 24.0 Å². The van der Waals surface area contributed by atoms with Gasteiger partial charge in [0.25, 0.3) is 0 Å². The Kier molecular flexibility index (Phi) is 8.55. The molecule has 0 bridgehead atoms. The van der Waals surface area contributed by atoms with E-state index in [0.29, 0.717) is 18.2 Å². The van der Waals surface area contributed by atoms with E-state index in [1.165, 1.54) is 12.1 Å². The van der Waals surface area contributed by atoms with E-state index in [0.717, 1.165) is 17.7 Å². The van der Waals surface area contributed by atoms with Crippen molar-refractivity contribution >= 4 is 40.8 Å². The van der Waals surface area contributed by atoms with Crippen molar-refractivity contribution in [2.24, 2.45) is 0 Å². The highest BCUT2D eigenvalue weighted by atomic mass is 35.5. The lowest BCUT2D eigenvalue weighted by molar-refractivity contribution is -0.138. The van der Waals surface area contributed by atoms with Crippen molar-refractivity contribution < 1.29 is 32.7 Å². The van der Waals surface area contributed by atoms with Crippen LogP contribution in [-0.4, -0.2) is 35.5 Å². The number of hydrogen-bond acceptors (Lipinski definition) is 4. The van der Waals surface area contributed by atoms with Crippen LogP contribution in [0.3, 0.4) is 0 Å². The number of carbonyl (C=O) groups excluding carboxylic acids is 2. The molecule has 188 valence electrons. The number of carboxylic acids is 1. The molecule has 36 heavy (non-hydrogen) atoms. The maximum Gasteiger partial charge on any atom is 0.418 e. The number of hydrogen-bond donors (Lipinski definition) is 4. The number of halogens is 4. The number of amides is 2. The molecular formula is C25H21ClF3N3O4. The van der Waals surface area contributed by atoms with Crippen LogP contribution in [0, 0.1) is 0 Å². The summed E-state index contributed by atoms with van der Waals surface area (Å²) in [5.74, 6) is -3.49. The van der Waals surface area contributed by atoms with Crippen molar-refractivity contribution in [1.29, 1.82) is 0 Å². The lowest BCUT2D eigenvalue weighted by atomic mass is 10.1. The third-order valence-corrected chi connectivity index (χ3v) is 5.32. The van der Waals surface area contributed by atoms with Crippen LogP contribution in [0.25, 0.3) is 0 Å². The Hall–Kier alpha value is -4.05. The number of aromatic carboxylic acids is 1. The largest absolute Gasteiger partial charge is 0.478 e. The van der Waals surface area contributed by atoms with Crippen molar-refractivity contribution in [3.63, 3.8) is 0 Å².